The van der Waals surface area contributed by atoms with E-state index in [0.29, 0.717) is 18.7 Å². The molecule has 1 N–H and O–H groups in total. The van der Waals surface area contributed by atoms with Crippen LogP contribution in [-0.4, -0.2) is 26.2 Å². The van der Waals surface area contributed by atoms with Gasteiger partial charge < -0.3 is 14.0 Å². The quantitative estimate of drug-likeness (QED) is 0.639. The predicted octanol–water partition coefficient (Wildman–Crippen LogP) is 3.82. The highest BCUT2D eigenvalue weighted by Gasteiger charge is 2.36. The van der Waals surface area contributed by atoms with Crippen LogP contribution in [0.4, 0.5) is 8.78 Å². The van der Waals surface area contributed by atoms with Crippen molar-refractivity contribution in [3.05, 3.63) is 53.4 Å². The second-order valence-electron chi connectivity index (χ2n) is 7.02. The monoisotopic (exact) mass is 389 g/mol. The number of aromatic nitrogens is 3. The fraction of sp³-hybridized carbons (Fsp3) is 0.368. The number of nitrogens with zero attached hydrogens (tertiary/aromatic N) is 3. The molecule has 1 atom stereocenters. The van der Waals surface area contributed by atoms with Crippen molar-refractivity contribution in [2.45, 2.75) is 38.2 Å². The number of hydrogen-bond acceptors (Lipinski definition) is 7. The molecule has 146 valence electrons. The molecule has 3 aromatic rings. The van der Waals surface area contributed by atoms with Gasteiger partial charge in [0.1, 0.15) is 23.4 Å². The maximum absolute atomic E-state index is 13.8. The highest BCUT2D eigenvalue weighted by Crippen LogP contribution is 2.43. The molecular weight excluding hydrogens is 372 g/mol. The zero-order valence-electron chi connectivity index (χ0n) is 14.9. The van der Waals surface area contributed by atoms with Crippen LogP contribution in [0.3, 0.4) is 0 Å². The molecule has 0 amide bonds. The van der Waals surface area contributed by atoms with Crippen molar-refractivity contribution in [1.82, 2.24) is 15.4 Å². The fourth-order valence-corrected chi connectivity index (χ4v) is 3.27. The van der Waals surface area contributed by atoms with Gasteiger partial charge in [0.2, 0.25) is 11.8 Å². The molecule has 0 bridgehead atoms. The lowest BCUT2D eigenvalue weighted by molar-refractivity contribution is 0.0905. The smallest absolute Gasteiger partial charge is 0.244 e. The van der Waals surface area contributed by atoms with E-state index in [4.69, 9.17) is 8.94 Å². The average molecular weight is 389 g/mol. The van der Waals surface area contributed by atoms with Gasteiger partial charge in [-0.15, -0.1) is 10.2 Å². The molecule has 2 aromatic heterocycles. The maximum Gasteiger partial charge on any atom is 0.244 e. The summed E-state index contributed by atoms with van der Waals surface area (Å²) in [5, 5.41) is 20.9. The molecule has 1 aliphatic carbocycles. The third kappa shape index (κ3) is 3.57. The molecule has 1 fully saturated rings. The number of carbonyl (C=O) groups excluding carboxylic acids is 1. The molecule has 0 spiro atoms. The van der Waals surface area contributed by atoms with Crippen LogP contribution in [0.1, 0.15) is 60.5 Å². The first-order valence-electron chi connectivity index (χ1n) is 8.87. The van der Waals surface area contributed by atoms with Crippen LogP contribution in [0.25, 0.3) is 11.3 Å². The molecule has 1 aliphatic rings. The van der Waals surface area contributed by atoms with Crippen molar-refractivity contribution < 1.29 is 27.6 Å². The summed E-state index contributed by atoms with van der Waals surface area (Å²) in [7, 11) is 0. The molecule has 2 heterocycles. The first-order valence-corrected chi connectivity index (χ1v) is 8.87. The molecule has 0 saturated heterocycles. The lowest BCUT2D eigenvalue weighted by Crippen LogP contribution is -2.24. The van der Waals surface area contributed by atoms with E-state index in [2.05, 4.69) is 15.4 Å². The fourth-order valence-electron chi connectivity index (χ4n) is 3.27. The summed E-state index contributed by atoms with van der Waals surface area (Å²) in [6.45, 7) is 1.55. The number of hydrogen-bond donors (Lipinski definition) is 1. The lowest BCUT2D eigenvalue weighted by atomic mass is 9.72. The minimum Gasteiger partial charge on any atom is -0.422 e. The van der Waals surface area contributed by atoms with Crippen molar-refractivity contribution in [3.8, 4) is 11.3 Å². The number of rotatable bonds is 6. The Labute approximate surface area is 158 Å². The third-order valence-corrected chi connectivity index (χ3v) is 4.87. The molecule has 0 aliphatic heterocycles. The molecule has 1 aromatic carbocycles. The van der Waals surface area contributed by atoms with Crippen molar-refractivity contribution in [1.29, 1.82) is 0 Å². The van der Waals surface area contributed by atoms with Crippen molar-refractivity contribution in [3.63, 3.8) is 0 Å². The van der Waals surface area contributed by atoms with Crippen molar-refractivity contribution in [2.75, 3.05) is 0 Å². The van der Waals surface area contributed by atoms with E-state index >= 15 is 0 Å². The number of Topliss-reactive ketones (excluding diaryl/α,β-unsaturated/α-hetero) is 1. The van der Waals surface area contributed by atoms with E-state index in [1.54, 1.807) is 6.92 Å². The Balaban J connectivity index is 1.36. The molecule has 1 saturated carbocycles. The summed E-state index contributed by atoms with van der Waals surface area (Å²) in [6.07, 6.45) is 0.881. The van der Waals surface area contributed by atoms with Crippen molar-refractivity contribution in [2.24, 2.45) is 5.92 Å². The Hall–Kier alpha value is -2.94. The molecule has 4 rings (SSSR count). The van der Waals surface area contributed by atoms with Crippen LogP contribution >= 0.6 is 0 Å². The van der Waals surface area contributed by atoms with E-state index in [-0.39, 0.29) is 46.9 Å². The number of ketones is 1. The highest BCUT2D eigenvalue weighted by atomic mass is 19.1. The van der Waals surface area contributed by atoms with Gasteiger partial charge in [0, 0.05) is 24.5 Å². The standard InChI is InChI=1S/C19H17F2N3O4/c1-9(25)18-22-23-19(27-18)11-4-10(5-11)6-16(26)15-8-17(28-24-15)13-3-2-12(20)7-14(13)21/h2-3,7-11,25H,4-6H2,1H3/t9-,10?,11?/m1/s1. The number of aliphatic hydroxyl groups is 1. The number of carbonyl (C=O) groups is 1. The molecule has 7 nitrogen and oxygen atoms in total. The van der Waals surface area contributed by atoms with Gasteiger partial charge in [0.25, 0.3) is 0 Å². The van der Waals surface area contributed by atoms with Crippen LogP contribution in [0.2, 0.25) is 0 Å². The first kappa shape index (κ1) is 18.4. The van der Waals surface area contributed by atoms with Crippen LogP contribution < -0.4 is 0 Å². The average Bonchev–Trinajstić information content (AvgIpc) is 3.27. The van der Waals surface area contributed by atoms with Crippen LogP contribution in [-0.2, 0) is 0 Å². The van der Waals surface area contributed by atoms with E-state index in [9.17, 15) is 18.7 Å². The zero-order valence-corrected chi connectivity index (χ0v) is 14.9. The summed E-state index contributed by atoms with van der Waals surface area (Å²) in [4.78, 5) is 12.4. The largest absolute Gasteiger partial charge is 0.422 e. The van der Waals surface area contributed by atoms with Crippen LogP contribution in [0.15, 0.2) is 33.2 Å². The normalized spacial score (nSPS) is 20.0. The minimum atomic E-state index is -0.814. The van der Waals surface area contributed by atoms with E-state index < -0.39 is 17.7 Å². The molecule has 28 heavy (non-hydrogen) atoms. The van der Waals surface area contributed by atoms with E-state index in [0.717, 1.165) is 12.1 Å². The summed E-state index contributed by atoms with van der Waals surface area (Å²) in [5.74, 6) is -0.764. The zero-order chi connectivity index (χ0) is 19.8. The van der Waals surface area contributed by atoms with Crippen LogP contribution in [0.5, 0.6) is 0 Å². The number of aliphatic hydroxyl groups excluding tert-OH is 1. The molecule has 0 unspecified atom stereocenters. The van der Waals surface area contributed by atoms with Gasteiger partial charge in [-0.05, 0) is 37.8 Å². The summed E-state index contributed by atoms with van der Waals surface area (Å²) in [6, 6.07) is 4.45. The Kier molecular flexibility index (Phi) is 4.76. The SMILES string of the molecule is C[C@@H](O)c1nnc(C2CC(CC(=O)c3cc(-c4ccc(F)cc4F)on3)C2)o1. The maximum atomic E-state index is 13.8. The Morgan fingerprint density at radius 2 is 2.07 bits per heavy atom. The van der Waals surface area contributed by atoms with Gasteiger partial charge in [0.15, 0.2) is 11.5 Å². The molecule has 9 heteroatoms. The topological polar surface area (TPSA) is 102 Å². The minimum absolute atomic E-state index is 0.0435. The second kappa shape index (κ2) is 7.23. The van der Waals surface area contributed by atoms with Crippen molar-refractivity contribution >= 4 is 5.78 Å². The van der Waals surface area contributed by atoms with Gasteiger partial charge in [-0.3, -0.25) is 4.79 Å². The number of benzene rings is 1. The molecular formula is C19H17F2N3O4. The highest BCUT2D eigenvalue weighted by molar-refractivity contribution is 5.95. The van der Waals surface area contributed by atoms with E-state index in [1.165, 1.54) is 12.1 Å². The van der Waals surface area contributed by atoms with Gasteiger partial charge in [-0.25, -0.2) is 8.78 Å². The van der Waals surface area contributed by atoms with Crippen LogP contribution in [0, 0.1) is 17.6 Å². The van der Waals surface area contributed by atoms with Gasteiger partial charge >= 0.3 is 0 Å². The Morgan fingerprint density at radius 3 is 2.75 bits per heavy atom. The third-order valence-electron chi connectivity index (χ3n) is 4.87. The Morgan fingerprint density at radius 1 is 1.29 bits per heavy atom. The van der Waals surface area contributed by atoms with Gasteiger partial charge in [-0.1, -0.05) is 5.16 Å². The summed E-state index contributed by atoms with van der Waals surface area (Å²) >= 11 is 0. The van der Waals surface area contributed by atoms with Gasteiger partial charge in [-0.2, -0.15) is 0 Å². The summed E-state index contributed by atoms with van der Waals surface area (Å²) in [5.41, 5.74) is 0.151. The lowest BCUT2D eigenvalue weighted by Gasteiger charge is -2.32. The Bertz CT molecular complexity index is 1010. The second-order valence-corrected chi connectivity index (χ2v) is 7.02. The first-order chi connectivity index (χ1) is 13.4. The number of halogens is 2. The van der Waals surface area contributed by atoms with Gasteiger partial charge in [0.05, 0.1) is 5.56 Å². The molecule has 0 radical (unpaired) electrons. The van der Waals surface area contributed by atoms with E-state index in [1.807, 2.05) is 0 Å². The summed E-state index contributed by atoms with van der Waals surface area (Å²) < 4.78 is 37.3. The predicted molar refractivity (Wildman–Crippen MR) is 91.2 cm³/mol.